The van der Waals surface area contributed by atoms with Crippen LogP contribution in [0.5, 0.6) is 0 Å². The number of hydrogen-bond acceptors (Lipinski definition) is 2. The van der Waals surface area contributed by atoms with Crippen LogP contribution in [0, 0.1) is 0 Å². The standard InChI is InChI=1S/C14H18F3NS/c1-13(2)7-9(14(15,16)17)12-11(13)8-3-5-18-6-4-10(8)19-12/h9,18H,3-7H2,1-2H3/t9-/m0/s1. The van der Waals surface area contributed by atoms with Gasteiger partial charge in [-0.15, -0.1) is 11.3 Å². The lowest BCUT2D eigenvalue weighted by Gasteiger charge is -2.22. The summed E-state index contributed by atoms with van der Waals surface area (Å²) >= 11 is 1.42. The highest BCUT2D eigenvalue weighted by molar-refractivity contribution is 7.12. The quantitative estimate of drug-likeness (QED) is 0.767. The Morgan fingerprint density at radius 1 is 1.21 bits per heavy atom. The monoisotopic (exact) mass is 289 g/mol. The highest BCUT2D eigenvalue weighted by Gasteiger charge is 2.52. The van der Waals surface area contributed by atoms with Gasteiger partial charge in [-0.2, -0.15) is 13.2 Å². The van der Waals surface area contributed by atoms with Crippen LogP contribution < -0.4 is 5.32 Å². The van der Waals surface area contributed by atoms with Gasteiger partial charge in [-0.3, -0.25) is 0 Å². The van der Waals surface area contributed by atoms with Crippen LogP contribution in [0.15, 0.2) is 0 Å². The molecule has 1 aliphatic carbocycles. The SMILES string of the molecule is CC1(C)C[C@H](C(F)(F)F)c2sc3c(c21)CCNCC3. The maximum Gasteiger partial charge on any atom is 0.396 e. The van der Waals surface area contributed by atoms with Crippen LogP contribution in [-0.4, -0.2) is 19.3 Å². The molecule has 19 heavy (non-hydrogen) atoms. The molecule has 0 saturated heterocycles. The molecule has 0 saturated carbocycles. The van der Waals surface area contributed by atoms with Crippen LogP contribution in [0.1, 0.15) is 47.1 Å². The second kappa shape index (κ2) is 4.22. The first-order valence-corrected chi connectivity index (χ1v) is 7.55. The first-order valence-electron chi connectivity index (χ1n) is 6.73. The van der Waals surface area contributed by atoms with Crippen LogP contribution in [0.25, 0.3) is 0 Å². The van der Waals surface area contributed by atoms with Crippen molar-refractivity contribution < 1.29 is 13.2 Å². The topological polar surface area (TPSA) is 12.0 Å². The van der Waals surface area contributed by atoms with E-state index in [0.717, 1.165) is 31.5 Å². The predicted molar refractivity (Wildman–Crippen MR) is 71.0 cm³/mol. The summed E-state index contributed by atoms with van der Waals surface area (Å²) in [5.74, 6) is -1.25. The van der Waals surface area contributed by atoms with Crippen molar-refractivity contribution in [2.75, 3.05) is 13.1 Å². The summed E-state index contributed by atoms with van der Waals surface area (Å²) in [5, 5.41) is 3.32. The number of halogens is 3. The Morgan fingerprint density at radius 3 is 2.58 bits per heavy atom. The fourth-order valence-electron chi connectivity index (χ4n) is 3.50. The molecule has 106 valence electrons. The van der Waals surface area contributed by atoms with E-state index in [1.807, 2.05) is 13.8 Å². The maximum atomic E-state index is 13.2. The van der Waals surface area contributed by atoms with Crippen LogP contribution in [0.4, 0.5) is 13.2 Å². The Kier molecular flexibility index (Phi) is 2.98. The molecule has 0 aromatic carbocycles. The summed E-state index contributed by atoms with van der Waals surface area (Å²) in [4.78, 5) is 1.78. The van der Waals surface area contributed by atoms with E-state index in [1.54, 1.807) is 0 Å². The normalized spacial score (nSPS) is 25.8. The largest absolute Gasteiger partial charge is 0.396 e. The summed E-state index contributed by atoms with van der Waals surface area (Å²) in [6, 6.07) is 0. The van der Waals surface area contributed by atoms with Gasteiger partial charge < -0.3 is 5.32 Å². The van der Waals surface area contributed by atoms with E-state index in [0.29, 0.717) is 4.88 Å². The molecule has 1 nitrogen and oxygen atoms in total. The van der Waals surface area contributed by atoms with Gasteiger partial charge in [-0.05, 0) is 48.9 Å². The third-order valence-electron chi connectivity index (χ3n) is 4.30. The molecule has 1 aromatic heterocycles. The highest BCUT2D eigenvalue weighted by atomic mass is 32.1. The summed E-state index contributed by atoms with van der Waals surface area (Å²) in [6.45, 7) is 5.68. The van der Waals surface area contributed by atoms with Crippen LogP contribution >= 0.6 is 11.3 Å². The van der Waals surface area contributed by atoms with E-state index >= 15 is 0 Å². The zero-order valence-electron chi connectivity index (χ0n) is 11.2. The van der Waals surface area contributed by atoms with E-state index in [-0.39, 0.29) is 11.8 Å². The first-order chi connectivity index (χ1) is 8.81. The summed E-state index contributed by atoms with van der Waals surface area (Å²) in [6.07, 6.45) is -2.16. The molecule has 1 aliphatic heterocycles. The Labute approximate surface area is 115 Å². The van der Waals surface area contributed by atoms with Gasteiger partial charge in [0, 0.05) is 9.75 Å². The van der Waals surface area contributed by atoms with Gasteiger partial charge in [-0.25, -0.2) is 0 Å². The molecular weight excluding hydrogens is 271 g/mol. The average molecular weight is 289 g/mol. The third-order valence-corrected chi connectivity index (χ3v) is 5.71. The second-order valence-corrected chi connectivity index (χ2v) is 7.31. The van der Waals surface area contributed by atoms with Crippen molar-refractivity contribution >= 4 is 11.3 Å². The summed E-state index contributed by atoms with van der Waals surface area (Å²) in [5.41, 5.74) is 1.88. The van der Waals surface area contributed by atoms with Crippen molar-refractivity contribution in [1.82, 2.24) is 5.32 Å². The molecule has 0 fully saturated rings. The smallest absolute Gasteiger partial charge is 0.316 e. The zero-order chi connectivity index (χ0) is 13.8. The Bertz CT molecular complexity index is 502. The van der Waals surface area contributed by atoms with Crippen molar-refractivity contribution in [3.8, 4) is 0 Å². The molecule has 0 amide bonds. The lowest BCUT2D eigenvalue weighted by Crippen LogP contribution is -2.21. The van der Waals surface area contributed by atoms with Crippen LogP contribution in [0.2, 0.25) is 0 Å². The number of rotatable bonds is 0. The number of alkyl halides is 3. The van der Waals surface area contributed by atoms with Gasteiger partial charge >= 0.3 is 6.18 Å². The minimum absolute atomic E-state index is 0.207. The minimum atomic E-state index is -4.11. The van der Waals surface area contributed by atoms with E-state index in [2.05, 4.69) is 5.32 Å². The Hall–Kier alpha value is -0.550. The van der Waals surface area contributed by atoms with Gasteiger partial charge in [-0.1, -0.05) is 13.8 Å². The van der Waals surface area contributed by atoms with E-state index in [9.17, 15) is 13.2 Å². The molecule has 0 spiro atoms. The lowest BCUT2D eigenvalue weighted by atomic mass is 9.83. The summed E-state index contributed by atoms with van der Waals surface area (Å²) in [7, 11) is 0. The van der Waals surface area contributed by atoms with E-state index in [4.69, 9.17) is 0 Å². The molecule has 1 aromatic rings. The molecule has 1 N–H and O–H groups in total. The minimum Gasteiger partial charge on any atom is -0.316 e. The van der Waals surface area contributed by atoms with Crippen molar-refractivity contribution in [1.29, 1.82) is 0 Å². The predicted octanol–water partition coefficient (Wildman–Crippen LogP) is 3.76. The molecule has 0 unspecified atom stereocenters. The Balaban J connectivity index is 2.13. The number of fused-ring (bicyclic) bond motifs is 3. The first kappa shape index (κ1) is 13.4. The molecule has 2 aliphatic rings. The number of hydrogen-bond donors (Lipinski definition) is 1. The molecule has 5 heteroatoms. The fraction of sp³-hybridized carbons (Fsp3) is 0.714. The van der Waals surface area contributed by atoms with Gasteiger partial charge in [0.1, 0.15) is 0 Å². The van der Waals surface area contributed by atoms with Crippen molar-refractivity contribution in [2.24, 2.45) is 0 Å². The third kappa shape index (κ3) is 2.11. The van der Waals surface area contributed by atoms with Crippen LogP contribution in [0.3, 0.4) is 0 Å². The maximum absolute atomic E-state index is 13.2. The van der Waals surface area contributed by atoms with Gasteiger partial charge in [0.2, 0.25) is 0 Å². The molecule has 0 radical (unpaired) electrons. The molecule has 2 heterocycles. The van der Waals surface area contributed by atoms with Crippen LogP contribution in [-0.2, 0) is 18.3 Å². The van der Waals surface area contributed by atoms with Gasteiger partial charge in [0.25, 0.3) is 0 Å². The van der Waals surface area contributed by atoms with Crippen molar-refractivity contribution in [3.63, 3.8) is 0 Å². The van der Waals surface area contributed by atoms with Gasteiger partial charge in [0.15, 0.2) is 0 Å². The fourth-order valence-corrected chi connectivity index (χ4v) is 5.15. The summed E-state index contributed by atoms with van der Waals surface area (Å²) < 4.78 is 39.7. The zero-order valence-corrected chi connectivity index (χ0v) is 12.0. The molecule has 1 atom stereocenters. The van der Waals surface area contributed by atoms with E-state index < -0.39 is 12.1 Å². The van der Waals surface area contributed by atoms with E-state index in [1.165, 1.54) is 21.8 Å². The average Bonchev–Trinajstić information content (AvgIpc) is 2.66. The highest BCUT2D eigenvalue weighted by Crippen LogP contribution is 2.57. The van der Waals surface area contributed by atoms with Crippen molar-refractivity contribution in [2.45, 2.75) is 50.6 Å². The molecule has 0 bridgehead atoms. The number of thiophene rings is 1. The number of nitrogens with one attached hydrogen (secondary N) is 1. The lowest BCUT2D eigenvalue weighted by molar-refractivity contribution is -0.151. The molecule has 3 rings (SSSR count). The molecular formula is C14H18F3NS. The second-order valence-electron chi connectivity index (χ2n) is 6.18. The van der Waals surface area contributed by atoms with Crippen molar-refractivity contribution in [3.05, 3.63) is 20.9 Å². The van der Waals surface area contributed by atoms with Gasteiger partial charge in [0.05, 0.1) is 5.92 Å². The Morgan fingerprint density at radius 2 is 1.89 bits per heavy atom.